The highest BCUT2D eigenvalue weighted by Crippen LogP contribution is 2.39. The number of thiophene rings is 1. The molecule has 0 aliphatic rings. The van der Waals surface area contributed by atoms with Crippen LogP contribution in [0.3, 0.4) is 0 Å². The quantitative estimate of drug-likeness (QED) is 0.577. The molecule has 2 amide bonds. The Morgan fingerprint density at radius 1 is 1.11 bits per heavy atom. The molecule has 2 N–H and O–H groups in total. The molecule has 0 radical (unpaired) electrons. The van der Waals surface area contributed by atoms with Crippen molar-refractivity contribution in [2.24, 2.45) is 0 Å². The van der Waals surface area contributed by atoms with E-state index in [4.69, 9.17) is 9.47 Å². The normalized spacial score (nSPS) is 10.6. The molecule has 1 aromatic heterocycles. The van der Waals surface area contributed by atoms with E-state index in [1.54, 1.807) is 37.3 Å². The van der Waals surface area contributed by atoms with Crippen LogP contribution in [0.2, 0.25) is 0 Å². The van der Waals surface area contributed by atoms with Gasteiger partial charge >= 0.3 is 12.0 Å². The van der Waals surface area contributed by atoms with Crippen LogP contribution in [0.25, 0.3) is 10.1 Å². The molecule has 0 spiro atoms. The van der Waals surface area contributed by atoms with Crippen molar-refractivity contribution in [2.75, 3.05) is 24.4 Å². The number of hydrogen-bond acceptors (Lipinski definition) is 5. The molecule has 0 atom stereocenters. The standard InChI is InChI=1S/C20H19FN2O4S/c1-4-27-17-14-9-12(7-8-16(14)28-18(17)19(24)26-3)22-20(25)23-13-6-5-11(2)15(21)10-13/h5-10H,4H2,1-3H3,(H2,22,23,25). The minimum absolute atomic E-state index is 0.347. The Morgan fingerprint density at radius 2 is 1.79 bits per heavy atom. The number of carbonyl (C=O) groups excluding carboxylic acids is 2. The van der Waals surface area contributed by atoms with Crippen molar-refractivity contribution in [3.05, 3.63) is 52.7 Å². The summed E-state index contributed by atoms with van der Waals surface area (Å²) in [6, 6.07) is 9.18. The second-order valence-corrected chi connectivity index (χ2v) is 6.99. The first kappa shape index (κ1) is 19.6. The average molecular weight is 402 g/mol. The third kappa shape index (κ3) is 4.07. The number of methoxy groups -OCH3 is 1. The molecule has 0 bridgehead atoms. The molecule has 6 nitrogen and oxygen atoms in total. The minimum Gasteiger partial charge on any atom is -0.491 e. The summed E-state index contributed by atoms with van der Waals surface area (Å²) in [6.07, 6.45) is 0. The van der Waals surface area contributed by atoms with Crippen LogP contribution in [-0.4, -0.2) is 25.7 Å². The van der Waals surface area contributed by atoms with Gasteiger partial charge in [-0.25, -0.2) is 14.0 Å². The van der Waals surface area contributed by atoms with Gasteiger partial charge in [0, 0.05) is 21.5 Å². The lowest BCUT2D eigenvalue weighted by Crippen LogP contribution is -2.19. The molecule has 3 aromatic rings. The molecule has 1 heterocycles. The molecular formula is C20H19FN2O4S. The lowest BCUT2D eigenvalue weighted by molar-refractivity contribution is 0.0602. The van der Waals surface area contributed by atoms with Crippen LogP contribution in [0, 0.1) is 12.7 Å². The number of hydrogen-bond donors (Lipinski definition) is 2. The smallest absolute Gasteiger partial charge is 0.351 e. The van der Waals surface area contributed by atoms with E-state index in [0.717, 1.165) is 4.70 Å². The van der Waals surface area contributed by atoms with Crippen LogP contribution >= 0.6 is 11.3 Å². The van der Waals surface area contributed by atoms with Crippen molar-refractivity contribution in [2.45, 2.75) is 13.8 Å². The van der Waals surface area contributed by atoms with Gasteiger partial charge in [0.05, 0.1) is 13.7 Å². The molecular weight excluding hydrogens is 383 g/mol. The number of carbonyl (C=O) groups is 2. The highest BCUT2D eigenvalue weighted by Gasteiger charge is 2.21. The van der Waals surface area contributed by atoms with Crippen LogP contribution in [0.1, 0.15) is 22.2 Å². The molecule has 0 unspecified atom stereocenters. The number of nitrogens with one attached hydrogen (secondary N) is 2. The maximum atomic E-state index is 13.6. The van der Waals surface area contributed by atoms with Crippen molar-refractivity contribution in [1.82, 2.24) is 0 Å². The third-order valence-electron chi connectivity index (χ3n) is 3.99. The van der Waals surface area contributed by atoms with E-state index < -0.39 is 17.8 Å². The van der Waals surface area contributed by atoms with Crippen LogP contribution < -0.4 is 15.4 Å². The third-order valence-corrected chi connectivity index (χ3v) is 5.12. The van der Waals surface area contributed by atoms with E-state index >= 15 is 0 Å². The molecule has 0 aliphatic carbocycles. The first-order chi connectivity index (χ1) is 13.4. The summed E-state index contributed by atoms with van der Waals surface area (Å²) < 4.78 is 24.9. The maximum Gasteiger partial charge on any atom is 0.351 e. The van der Waals surface area contributed by atoms with Crippen molar-refractivity contribution in [3.8, 4) is 5.75 Å². The van der Waals surface area contributed by atoms with Crippen molar-refractivity contribution in [1.29, 1.82) is 0 Å². The van der Waals surface area contributed by atoms with Gasteiger partial charge in [-0.2, -0.15) is 0 Å². The van der Waals surface area contributed by atoms with E-state index in [9.17, 15) is 14.0 Å². The Labute approximate surface area is 165 Å². The van der Waals surface area contributed by atoms with Gasteiger partial charge < -0.3 is 20.1 Å². The van der Waals surface area contributed by atoms with E-state index in [1.165, 1.54) is 24.5 Å². The number of amides is 2. The number of aryl methyl sites for hydroxylation is 1. The molecule has 3 rings (SSSR count). The molecule has 0 saturated heterocycles. The fourth-order valence-electron chi connectivity index (χ4n) is 2.63. The Morgan fingerprint density at radius 3 is 2.43 bits per heavy atom. The fourth-order valence-corrected chi connectivity index (χ4v) is 3.68. The zero-order chi connectivity index (χ0) is 20.3. The van der Waals surface area contributed by atoms with Crippen LogP contribution in [-0.2, 0) is 4.74 Å². The van der Waals surface area contributed by atoms with Crippen molar-refractivity contribution >= 4 is 44.8 Å². The van der Waals surface area contributed by atoms with Gasteiger partial charge in [-0.3, -0.25) is 0 Å². The molecule has 28 heavy (non-hydrogen) atoms. The summed E-state index contributed by atoms with van der Waals surface area (Å²) in [5.41, 5.74) is 1.35. The largest absolute Gasteiger partial charge is 0.491 e. The number of halogens is 1. The molecule has 2 aromatic carbocycles. The fraction of sp³-hybridized carbons (Fsp3) is 0.200. The summed E-state index contributed by atoms with van der Waals surface area (Å²) in [5, 5.41) is 5.99. The van der Waals surface area contributed by atoms with Gasteiger partial charge in [0.2, 0.25) is 0 Å². The van der Waals surface area contributed by atoms with Crippen molar-refractivity contribution < 1.29 is 23.5 Å². The molecule has 0 saturated carbocycles. The lowest BCUT2D eigenvalue weighted by atomic mass is 10.2. The Hall–Kier alpha value is -3.13. The molecule has 8 heteroatoms. The predicted octanol–water partition coefficient (Wildman–Crippen LogP) is 5.18. The Bertz CT molecular complexity index is 1050. The van der Waals surface area contributed by atoms with Crippen LogP contribution in [0.15, 0.2) is 36.4 Å². The van der Waals surface area contributed by atoms with E-state index in [1.807, 2.05) is 6.92 Å². The van der Waals surface area contributed by atoms with Gasteiger partial charge in [0.25, 0.3) is 0 Å². The first-order valence-corrected chi connectivity index (χ1v) is 9.36. The Kier molecular flexibility index (Phi) is 5.79. The molecule has 0 aliphatic heterocycles. The predicted molar refractivity (Wildman–Crippen MR) is 108 cm³/mol. The maximum absolute atomic E-state index is 13.6. The summed E-state index contributed by atoms with van der Waals surface area (Å²) >= 11 is 1.26. The van der Waals surface area contributed by atoms with Gasteiger partial charge in [0.1, 0.15) is 5.82 Å². The summed E-state index contributed by atoms with van der Waals surface area (Å²) in [4.78, 5) is 24.6. The highest BCUT2D eigenvalue weighted by molar-refractivity contribution is 7.21. The zero-order valence-electron chi connectivity index (χ0n) is 15.6. The molecule has 146 valence electrons. The molecule has 0 fully saturated rings. The number of benzene rings is 2. The lowest BCUT2D eigenvalue weighted by Gasteiger charge is -2.09. The summed E-state index contributed by atoms with van der Waals surface area (Å²) in [6.45, 7) is 3.85. The van der Waals surface area contributed by atoms with E-state index in [2.05, 4.69) is 10.6 Å². The van der Waals surface area contributed by atoms with Crippen LogP contribution in [0.5, 0.6) is 5.75 Å². The topological polar surface area (TPSA) is 76.7 Å². The number of urea groups is 1. The number of fused-ring (bicyclic) bond motifs is 1. The van der Waals surface area contributed by atoms with Crippen molar-refractivity contribution in [3.63, 3.8) is 0 Å². The zero-order valence-corrected chi connectivity index (χ0v) is 16.4. The second kappa shape index (κ2) is 8.26. The number of rotatable bonds is 5. The number of esters is 1. The number of anilines is 2. The highest BCUT2D eigenvalue weighted by atomic mass is 32.1. The Balaban J connectivity index is 1.84. The summed E-state index contributed by atoms with van der Waals surface area (Å²) in [7, 11) is 1.31. The van der Waals surface area contributed by atoms with Gasteiger partial charge in [-0.15, -0.1) is 11.3 Å². The van der Waals surface area contributed by atoms with E-state index in [0.29, 0.717) is 39.6 Å². The summed E-state index contributed by atoms with van der Waals surface area (Å²) in [5.74, 6) is -0.438. The number of ether oxygens (including phenoxy) is 2. The monoisotopic (exact) mass is 402 g/mol. The van der Waals surface area contributed by atoms with Gasteiger partial charge in [-0.1, -0.05) is 6.07 Å². The second-order valence-electron chi connectivity index (χ2n) is 5.94. The van der Waals surface area contributed by atoms with Gasteiger partial charge in [0.15, 0.2) is 10.6 Å². The van der Waals surface area contributed by atoms with Crippen LogP contribution in [0.4, 0.5) is 20.6 Å². The first-order valence-electron chi connectivity index (χ1n) is 8.54. The average Bonchev–Trinajstić information content (AvgIpc) is 3.02. The SMILES string of the molecule is CCOc1c(C(=O)OC)sc2ccc(NC(=O)Nc3ccc(C)c(F)c3)cc12. The van der Waals surface area contributed by atoms with Gasteiger partial charge in [-0.05, 0) is 49.7 Å². The minimum atomic E-state index is -0.510. The van der Waals surface area contributed by atoms with E-state index in [-0.39, 0.29) is 0 Å².